The van der Waals surface area contributed by atoms with Gasteiger partial charge in [-0.2, -0.15) is 30.4 Å². The zero-order valence-electron chi connectivity index (χ0n) is 28.8. The molecule has 1 heterocycles. The van der Waals surface area contributed by atoms with Crippen molar-refractivity contribution in [2.75, 3.05) is 13.2 Å². The van der Waals surface area contributed by atoms with Crippen LogP contribution in [0.4, 0.5) is 22.0 Å². The monoisotopic (exact) mass is 747 g/mol. The summed E-state index contributed by atoms with van der Waals surface area (Å²) < 4.78 is 121. The van der Waals surface area contributed by atoms with Gasteiger partial charge in [0, 0.05) is 17.7 Å². The molecule has 0 spiro atoms. The molecule has 1 saturated heterocycles. The second kappa shape index (κ2) is 13.8. The van der Waals surface area contributed by atoms with E-state index in [1.807, 2.05) is 24.3 Å². The first-order chi connectivity index (χ1) is 22.8. The number of aryl methyl sites for hydroxylation is 2. The third kappa shape index (κ3) is 8.18. The van der Waals surface area contributed by atoms with Gasteiger partial charge in [-0.15, -0.1) is 0 Å². The lowest BCUT2D eigenvalue weighted by Gasteiger charge is -2.29. The molecule has 3 aromatic rings. The number of hydrogen-bond acceptors (Lipinski definition) is 7. The summed E-state index contributed by atoms with van der Waals surface area (Å²) in [4.78, 5) is 15.1. The maximum absolute atomic E-state index is 13.8. The van der Waals surface area contributed by atoms with Crippen LogP contribution in [-0.4, -0.2) is 55.3 Å². The standard InChI is InChI=1S/C35H39F5O8S2/c1-21-17-28(18-22(2)30(21)47-29(41)19-45-23(3)34(36,37)50(42,43)44)49(26-13-9-24(10-14-26)31(4,5)6)27-15-11-25(12-16-27)33(8)46-20-32(7,48-33)35(38,39)40/h9-18,23H,19-20H2,1-8H3/p+1. The highest BCUT2D eigenvalue weighted by Crippen LogP contribution is 2.47. The van der Waals surface area contributed by atoms with E-state index in [0.717, 1.165) is 27.2 Å². The second-order valence-electron chi connectivity index (χ2n) is 13.5. The smallest absolute Gasteiger partial charge is 0.419 e. The number of alkyl halides is 5. The summed E-state index contributed by atoms with van der Waals surface area (Å²) in [5.41, 5.74) is -0.00941. The molecule has 0 aliphatic carbocycles. The largest absolute Gasteiger partial charge is 0.424 e. The number of carbonyl (C=O) groups excluding carboxylic acids is 1. The fourth-order valence-corrected chi connectivity index (χ4v) is 7.98. The molecule has 1 aliphatic heterocycles. The van der Waals surface area contributed by atoms with E-state index in [1.165, 1.54) is 6.92 Å². The molecule has 50 heavy (non-hydrogen) atoms. The number of ether oxygens (including phenoxy) is 4. The molecular weight excluding hydrogens is 708 g/mol. The molecule has 4 atom stereocenters. The van der Waals surface area contributed by atoms with E-state index in [-0.39, 0.29) is 11.2 Å². The molecule has 1 N–H and O–H groups in total. The van der Waals surface area contributed by atoms with Crippen LogP contribution >= 0.6 is 0 Å². The Labute approximate surface area is 291 Å². The van der Waals surface area contributed by atoms with Crippen molar-refractivity contribution >= 4 is 27.0 Å². The minimum absolute atomic E-state index is 0.108. The average molecular weight is 748 g/mol. The van der Waals surface area contributed by atoms with E-state index < -0.39 is 69.1 Å². The van der Waals surface area contributed by atoms with Crippen molar-refractivity contribution in [2.45, 2.75) is 104 Å². The number of carbonyl (C=O) groups is 1. The predicted molar refractivity (Wildman–Crippen MR) is 176 cm³/mol. The lowest BCUT2D eigenvalue weighted by Crippen LogP contribution is -2.45. The first kappa shape index (κ1) is 39.7. The van der Waals surface area contributed by atoms with Gasteiger partial charge in [0.05, 0.1) is 17.5 Å². The summed E-state index contributed by atoms with van der Waals surface area (Å²) in [6.07, 6.45) is -6.97. The van der Waals surface area contributed by atoms with Crippen molar-refractivity contribution in [3.63, 3.8) is 0 Å². The summed E-state index contributed by atoms with van der Waals surface area (Å²) in [5.74, 6) is -2.55. The molecule has 0 radical (unpaired) electrons. The molecule has 15 heteroatoms. The third-order valence-corrected chi connectivity index (χ3v) is 11.6. The van der Waals surface area contributed by atoms with Crippen LogP contribution in [0.25, 0.3) is 0 Å². The zero-order chi connectivity index (χ0) is 37.7. The fourth-order valence-electron chi connectivity index (χ4n) is 5.27. The van der Waals surface area contributed by atoms with Gasteiger partial charge in [-0.25, -0.2) is 4.79 Å². The number of benzene rings is 3. The number of rotatable bonds is 10. The van der Waals surface area contributed by atoms with Gasteiger partial charge in [-0.05, 0) is 93.1 Å². The molecule has 0 amide bonds. The van der Waals surface area contributed by atoms with Gasteiger partial charge in [0.25, 0.3) is 0 Å². The maximum Gasteiger partial charge on any atom is 0.419 e. The molecule has 1 fully saturated rings. The van der Waals surface area contributed by atoms with Crippen LogP contribution in [0.5, 0.6) is 5.75 Å². The highest BCUT2D eigenvalue weighted by Gasteiger charge is 2.61. The lowest BCUT2D eigenvalue weighted by molar-refractivity contribution is -0.283. The van der Waals surface area contributed by atoms with Crippen LogP contribution in [-0.2, 0) is 51.2 Å². The lowest BCUT2D eigenvalue weighted by atomic mass is 9.87. The van der Waals surface area contributed by atoms with Crippen LogP contribution in [0.1, 0.15) is 63.8 Å². The quantitative estimate of drug-likeness (QED) is 0.0731. The van der Waals surface area contributed by atoms with E-state index in [0.29, 0.717) is 23.6 Å². The van der Waals surface area contributed by atoms with Gasteiger partial charge in [-0.3, -0.25) is 4.55 Å². The Morgan fingerprint density at radius 3 is 1.86 bits per heavy atom. The zero-order valence-corrected chi connectivity index (χ0v) is 30.4. The Hall–Kier alpha value is -3.08. The van der Waals surface area contributed by atoms with Crippen LogP contribution in [0, 0.1) is 13.8 Å². The molecule has 1 aliphatic rings. The molecule has 274 valence electrons. The number of esters is 1. The summed E-state index contributed by atoms with van der Waals surface area (Å²) >= 11 is 0. The van der Waals surface area contributed by atoms with Gasteiger partial charge in [0.15, 0.2) is 26.1 Å². The Morgan fingerprint density at radius 2 is 1.42 bits per heavy atom. The minimum Gasteiger partial charge on any atom is -0.424 e. The molecular formula is C35H40F5O8S2+. The first-order valence-corrected chi connectivity index (χ1v) is 18.1. The molecule has 4 unspecified atom stereocenters. The van der Waals surface area contributed by atoms with Crippen molar-refractivity contribution in [3.05, 3.63) is 82.9 Å². The van der Waals surface area contributed by atoms with E-state index in [2.05, 4.69) is 20.8 Å². The summed E-state index contributed by atoms with van der Waals surface area (Å²) in [5, 5.41) is -4.64. The molecule has 8 nitrogen and oxygen atoms in total. The average Bonchev–Trinajstić information content (AvgIpc) is 3.34. The highest BCUT2D eigenvalue weighted by molar-refractivity contribution is 7.97. The predicted octanol–water partition coefficient (Wildman–Crippen LogP) is 8.03. The van der Waals surface area contributed by atoms with Gasteiger partial charge in [0.2, 0.25) is 0 Å². The number of halogens is 5. The summed E-state index contributed by atoms with van der Waals surface area (Å²) in [7, 11) is -6.54. The Balaban J connectivity index is 1.66. The Kier molecular flexibility index (Phi) is 11.0. The molecule has 0 saturated carbocycles. The van der Waals surface area contributed by atoms with E-state index in [4.69, 9.17) is 23.5 Å². The Bertz CT molecular complexity index is 1800. The number of hydrogen-bond donors (Lipinski definition) is 1. The fraction of sp³-hybridized carbons (Fsp3) is 0.457. The van der Waals surface area contributed by atoms with Crippen molar-refractivity contribution in [3.8, 4) is 5.75 Å². The third-order valence-electron chi connectivity index (χ3n) is 8.37. The van der Waals surface area contributed by atoms with E-state index in [1.54, 1.807) is 50.2 Å². The van der Waals surface area contributed by atoms with E-state index >= 15 is 0 Å². The van der Waals surface area contributed by atoms with Crippen LogP contribution in [0.3, 0.4) is 0 Å². The molecule has 0 aromatic heterocycles. The van der Waals surface area contributed by atoms with Crippen LogP contribution < -0.4 is 4.74 Å². The van der Waals surface area contributed by atoms with Crippen molar-refractivity contribution in [2.24, 2.45) is 0 Å². The summed E-state index contributed by atoms with van der Waals surface area (Å²) in [6, 6.07) is 18.6. The molecule has 3 aromatic carbocycles. The molecule has 4 rings (SSSR count). The van der Waals surface area contributed by atoms with Crippen LogP contribution in [0.2, 0.25) is 0 Å². The topological polar surface area (TPSA) is 108 Å². The maximum atomic E-state index is 13.8. The van der Waals surface area contributed by atoms with Gasteiger partial charge in [-0.1, -0.05) is 32.9 Å². The van der Waals surface area contributed by atoms with Crippen molar-refractivity contribution in [1.82, 2.24) is 0 Å². The van der Waals surface area contributed by atoms with Crippen molar-refractivity contribution in [1.29, 1.82) is 0 Å². The van der Waals surface area contributed by atoms with Gasteiger partial charge in [0.1, 0.15) is 18.5 Å². The van der Waals surface area contributed by atoms with Gasteiger partial charge < -0.3 is 18.9 Å². The summed E-state index contributed by atoms with van der Waals surface area (Å²) in [6.45, 7) is 11.1. The molecule has 0 bridgehead atoms. The second-order valence-corrected chi connectivity index (χ2v) is 17.0. The minimum atomic E-state index is -5.77. The van der Waals surface area contributed by atoms with Gasteiger partial charge >= 0.3 is 27.5 Å². The Morgan fingerprint density at radius 1 is 0.920 bits per heavy atom. The highest BCUT2D eigenvalue weighted by atomic mass is 32.2. The SMILES string of the molecule is Cc1cc([S+](c2ccc(C(C)(C)C)cc2)c2ccc(C3(C)OCC(C)(C(F)(F)F)O3)cc2)cc(C)c1OC(=O)COC(C)C(F)(F)S(=O)(=O)O. The first-order valence-electron chi connectivity index (χ1n) is 15.4. The van der Waals surface area contributed by atoms with E-state index in [9.17, 15) is 35.2 Å². The normalized spacial score (nSPS) is 21.6. The van der Waals surface area contributed by atoms with Crippen molar-refractivity contribution < 1.29 is 58.7 Å². The van der Waals surface area contributed by atoms with Crippen LogP contribution in [0.15, 0.2) is 75.4 Å².